The summed E-state index contributed by atoms with van der Waals surface area (Å²) in [5, 5.41) is 6.54. The lowest BCUT2D eigenvalue weighted by molar-refractivity contribution is -0.135. The maximum Gasteiger partial charge on any atom is 0.257 e. The molecule has 0 saturated carbocycles. The second-order valence-corrected chi connectivity index (χ2v) is 9.02. The van der Waals surface area contributed by atoms with Gasteiger partial charge in [0.15, 0.2) is 0 Å². The highest BCUT2D eigenvalue weighted by Crippen LogP contribution is 2.34. The summed E-state index contributed by atoms with van der Waals surface area (Å²) >= 11 is 0. The summed E-state index contributed by atoms with van der Waals surface area (Å²) in [7, 11) is 0. The zero-order chi connectivity index (χ0) is 22.8. The van der Waals surface area contributed by atoms with E-state index in [1.165, 1.54) is 16.7 Å². The van der Waals surface area contributed by atoms with E-state index in [2.05, 4.69) is 68.1 Å². The zero-order valence-corrected chi connectivity index (χ0v) is 19.5. The molecule has 168 valence electrons. The predicted octanol–water partition coefficient (Wildman–Crippen LogP) is 3.45. The third-order valence-electron chi connectivity index (χ3n) is 6.50. The van der Waals surface area contributed by atoms with Gasteiger partial charge < -0.3 is 4.90 Å². The molecular weight excluding hydrogens is 400 g/mol. The van der Waals surface area contributed by atoms with Crippen LogP contribution >= 0.6 is 0 Å². The van der Waals surface area contributed by atoms with E-state index in [-0.39, 0.29) is 17.9 Å². The van der Waals surface area contributed by atoms with Gasteiger partial charge in [-0.3, -0.25) is 14.5 Å². The first-order valence-corrected chi connectivity index (χ1v) is 11.3. The molecular formula is C26H32N4O2. The van der Waals surface area contributed by atoms with Crippen molar-refractivity contribution < 1.29 is 9.59 Å². The molecule has 2 aliphatic heterocycles. The number of rotatable bonds is 4. The summed E-state index contributed by atoms with van der Waals surface area (Å²) in [5.74, 6) is 0.101. The predicted molar refractivity (Wildman–Crippen MR) is 127 cm³/mol. The van der Waals surface area contributed by atoms with Crippen LogP contribution in [0, 0.1) is 20.8 Å². The lowest BCUT2D eigenvalue weighted by Gasteiger charge is -2.34. The fraction of sp³-hybridized carbons (Fsp3) is 0.423. The lowest BCUT2D eigenvalue weighted by Crippen LogP contribution is -2.50. The fourth-order valence-electron chi connectivity index (χ4n) is 4.57. The molecule has 6 nitrogen and oxygen atoms in total. The maximum absolute atomic E-state index is 13.4. The number of benzene rings is 2. The maximum atomic E-state index is 13.4. The average Bonchev–Trinajstić information content (AvgIpc) is 3.20. The molecule has 2 aromatic rings. The normalized spacial score (nSPS) is 19.2. The number of nitrogens with zero attached hydrogens (tertiary/aromatic N) is 4. The monoisotopic (exact) mass is 432 g/mol. The van der Waals surface area contributed by atoms with Crippen molar-refractivity contribution in [2.75, 3.05) is 32.7 Å². The molecule has 2 heterocycles. The summed E-state index contributed by atoms with van der Waals surface area (Å²) in [6.45, 7) is 10.9. The van der Waals surface area contributed by atoms with Gasteiger partial charge in [0.05, 0.1) is 18.3 Å². The highest BCUT2D eigenvalue weighted by atomic mass is 16.2. The molecule has 2 aliphatic rings. The van der Waals surface area contributed by atoms with E-state index in [1.807, 2.05) is 4.90 Å². The Morgan fingerprint density at radius 3 is 2.22 bits per heavy atom. The number of hydrogen-bond acceptors (Lipinski definition) is 4. The van der Waals surface area contributed by atoms with E-state index < -0.39 is 0 Å². The summed E-state index contributed by atoms with van der Waals surface area (Å²) < 4.78 is 0. The van der Waals surface area contributed by atoms with Crippen molar-refractivity contribution in [3.8, 4) is 0 Å². The van der Waals surface area contributed by atoms with Crippen LogP contribution in [-0.4, -0.2) is 65.1 Å². The molecule has 0 radical (unpaired) electrons. The highest BCUT2D eigenvalue weighted by molar-refractivity contribution is 6.04. The van der Waals surface area contributed by atoms with E-state index >= 15 is 0 Å². The number of aryl methyl sites for hydroxylation is 3. The molecule has 1 atom stereocenters. The van der Waals surface area contributed by atoms with Crippen LogP contribution in [0.15, 0.2) is 47.6 Å². The van der Waals surface area contributed by atoms with Gasteiger partial charge in [0, 0.05) is 45.1 Å². The molecule has 1 saturated heterocycles. The van der Waals surface area contributed by atoms with Gasteiger partial charge in [-0.1, -0.05) is 53.6 Å². The van der Waals surface area contributed by atoms with Gasteiger partial charge in [0.25, 0.3) is 5.91 Å². The Morgan fingerprint density at radius 1 is 0.938 bits per heavy atom. The van der Waals surface area contributed by atoms with E-state index in [0.717, 1.165) is 16.8 Å². The Kier molecular flexibility index (Phi) is 6.42. The SMILES string of the molecule is CC(=O)N1CCN(CC(=O)N2N=C(c3ccc(C)cc3C)C[C@@H]2c2ccc(C)cc2)CC1. The van der Waals surface area contributed by atoms with E-state index in [0.29, 0.717) is 39.1 Å². The van der Waals surface area contributed by atoms with Crippen molar-refractivity contribution in [3.05, 3.63) is 70.3 Å². The molecule has 0 bridgehead atoms. The molecule has 0 unspecified atom stereocenters. The first-order chi connectivity index (χ1) is 15.3. The molecule has 0 N–H and O–H groups in total. The second-order valence-electron chi connectivity index (χ2n) is 9.02. The average molecular weight is 433 g/mol. The van der Waals surface area contributed by atoms with Crippen LogP contribution in [0.5, 0.6) is 0 Å². The van der Waals surface area contributed by atoms with Crippen LogP contribution in [-0.2, 0) is 9.59 Å². The van der Waals surface area contributed by atoms with Crippen molar-refractivity contribution in [3.63, 3.8) is 0 Å². The van der Waals surface area contributed by atoms with Crippen LogP contribution in [0.3, 0.4) is 0 Å². The van der Waals surface area contributed by atoms with Gasteiger partial charge in [0.2, 0.25) is 5.91 Å². The van der Waals surface area contributed by atoms with Crippen molar-refractivity contribution in [2.45, 2.75) is 40.2 Å². The van der Waals surface area contributed by atoms with E-state index in [4.69, 9.17) is 5.10 Å². The molecule has 4 rings (SSSR count). The topological polar surface area (TPSA) is 56.2 Å². The van der Waals surface area contributed by atoms with Gasteiger partial charge in [-0.15, -0.1) is 0 Å². The van der Waals surface area contributed by atoms with Gasteiger partial charge in [-0.2, -0.15) is 5.10 Å². The minimum Gasteiger partial charge on any atom is -0.340 e. The minimum absolute atomic E-state index is 0.00612. The molecule has 2 amide bonds. The third kappa shape index (κ3) is 4.75. The molecule has 32 heavy (non-hydrogen) atoms. The van der Waals surface area contributed by atoms with Crippen molar-refractivity contribution in [1.29, 1.82) is 0 Å². The van der Waals surface area contributed by atoms with Gasteiger partial charge in [0.1, 0.15) is 0 Å². The van der Waals surface area contributed by atoms with Crippen molar-refractivity contribution >= 4 is 17.5 Å². The first-order valence-electron chi connectivity index (χ1n) is 11.3. The molecule has 0 spiro atoms. The molecule has 6 heteroatoms. The Balaban J connectivity index is 1.56. The number of amides is 2. The van der Waals surface area contributed by atoms with Gasteiger partial charge in [-0.25, -0.2) is 5.01 Å². The zero-order valence-electron chi connectivity index (χ0n) is 19.5. The van der Waals surface area contributed by atoms with Crippen LogP contribution in [0.1, 0.15) is 47.2 Å². The number of hydrazone groups is 1. The second kappa shape index (κ2) is 9.25. The Bertz CT molecular complexity index is 1040. The Labute approximate surface area is 190 Å². The Morgan fingerprint density at radius 2 is 1.59 bits per heavy atom. The molecule has 1 fully saturated rings. The summed E-state index contributed by atoms with van der Waals surface area (Å²) in [5.41, 5.74) is 6.77. The van der Waals surface area contributed by atoms with Crippen LogP contribution in [0.2, 0.25) is 0 Å². The molecule has 0 aliphatic carbocycles. The van der Waals surface area contributed by atoms with Crippen molar-refractivity contribution in [1.82, 2.24) is 14.8 Å². The van der Waals surface area contributed by atoms with E-state index in [1.54, 1.807) is 11.9 Å². The third-order valence-corrected chi connectivity index (χ3v) is 6.50. The number of carbonyl (C=O) groups excluding carboxylic acids is 2. The first kappa shape index (κ1) is 22.2. The van der Waals surface area contributed by atoms with E-state index in [9.17, 15) is 9.59 Å². The summed E-state index contributed by atoms with van der Waals surface area (Å²) in [6.07, 6.45) is 0.705. The number of carbonyl (C=O) groups is 2. The lowest BCUT2D eigenvalue weighted by atomic mass is 9.95. The largest absolute Gasteiger partial charge is 0.340 e. The smallest absolute Gasteiger partial charge is 0.257 e. The molecule has 0 aromatic heterocycles. The fourth-order valence-corrected chi connectivity index (χ4v) is 4.57. The molecule has 2 aromatic carbocycles. The standard InChI is InChI=1S/C26H32N4O2/c1-18-5-8-22(9-6-18)25-16-24(23-10-7-19(2)15-20(23)3)27-30(25)26(32)17-28-11-13-29(14-12-28)21(4)31/h5-10,15,25H,11-14,16-17H2,1-4H3/t25-/m1/s1. The number of piperazine rings is 1. The van der Waals surface area contributed by atoms with Gasteiger partial charge in [-0.05, 0) is 31.9 Å². The van der Waals surface area contributed by atoms with Gasteiger partial charge >= 0.3 is 0 Å². The highest BCUT2D eigenvalue weighted by Gasteiger charge is 2.34. The summed E-state index contributed by atoms with van der Waals surface area (Å²) in [6, 6.07) is 14.7. The van der Waals surface area contributed by atoms with Crippen LogP contribution in [0.25, 0.3) is 0 Å². The number of hydrogen-bond donors (Lipinski definition) is 0. The van der Waals surface area contributed by atoms with Crippen LogP contribution in [0.4, 0.5) is 0 Å². The van der Waals surface area contributed by atoms with Crippen molar-refractivity contribution in [2.24, 2.45) is 5.10 Å². The summed E-state index contributed by atoms with van der Waals surface area (Å²) in [4.78, 5) is 28.9. The quantitative estimate of drug-likeness (QED) is 0.744. The van der Waals surface area contributed by atoms with Crippen LogP contribution < -0.4 is 0 Å². The Hall–Kier alpha value is -2.99. The minimum atomic E-state index is -0.0997.